The van der Waals surface area contributed by atoms with Crippen molar-refractivity contribution in [3.8, 4) is 5.75 Å². The van der Waals surface area contributed by atoms with Crippen LogP contribution in [0, 0.1) is 0 Å². The fourth-order valence-corrected chi connectivity index (χ4v) is 3.82. The average Bonchev–Trinajstić information content (AvgIpc) is 3.26. The highest BCUT2D eigenvalue weighted by Crippen LogP contribution is 2.30. The van der Waals surface area contributed by atoms with Gasteiger partial charge < -0.3 is 29.6 Å². The van der Waals surface area contributed by atoms with Gasteiger partial charge in [0.1, 0.15) is 23.5 Å². The highest BCUT2D eigenvalue weighted by atomic mass is 35.5. The van der Waals surface area contributed by atoms with Crippen LogP contribution in [0.5, 0.6) is 5.75 Å². The van der Waals surface area contributed by atoms with E-state index in [9.17, 15) is 9.90 Å². The number of aliphatic hydroxyl groups is 1. The van der Waals surface area contributed by atoms with Crippen molar-refractivity contribution in [2.45, 2.75) is 31.9 Å². The van der Waals surface area contributed by atoms with Gasteiger partial charge in [0.2, 0.25) is 0 Å². The van der Waals surface area contributed by atoms with E-state index >= 15 is 0 Å². The molecule has 32 heavy (non-hydrogen) atoms. The molecule has 0 spiro atoms. The number of H-pyrrole nitrogens is 1. The molecule has 170 valence electrons. The van der Waals surface area contributed by atoms with E-state index in [1.807, 2.05) is 6.92 Å². The first-order chi connectivity index (χ1) is 15.6. The standard InChI is InChI=1S/C22H25ClN4O5/c1-2-30-12-32-14-5-6-18(23)16(7-14)20(29)17-8-24-21-19(17)22(26-11-25-21)27-13-3-4-15(9-28)31-10-13/h5-8,11,13,15,28H,2-4,9-10,12H2,1H3,(H2,24,25,26,27)/t13-,15+/m1/s1. The summed E-state index contributed by atoms with van der Waals surface area (Å²) in [5.41, 5.74) is 1.25. The fourth-order valence-electron chi connectivity index (χ4n) is 3.61. The second kappa shape index (κ2) is 10.3. The molecule has 2 atom stereocenters. The monoisotopic (exact) mass is 460 g/mol. The van der Waals surface area contributed by atoms with E-state index in [2.05, 4.69) is 20.3 Å². The second-order valence-corrected chi connectivity index (χ2v) is 7.84. The van der Waals surface area contributed by atoms with Crippen LogP contribution in [0.2, 0.25) is 5.02 Å². The third kappa shape index (κ3) is 4.86. The second-order valence-electron chi connectivity index (χ2n) is 7.43. The number of ketones is 1. The van der Waals surface area contributed by atoms with Crippen LogP contribution >= 0.6 is 11.6 Å². The van der Waals surface area contributed by atoms with Gasteiger partial charge in [0, 0.05) is 18.4 Å². The van der Waals surface area contributed by atoms with Gasteiger partial charge in [0.15, 0.2) is 12.6 Å². The minimum atomic E-state index is -0.277. The molecule has 1 aliphatic rings. The number of aromatic amines is 1. The van der Waals surface area contributed by atoms with E-state index in [1.54, 1.807) is 24.4 Å². The third-order valence-electron chi connectivity index (χ3n) is 5.32. The lowest BCUT2D eigenvalue weighted by atomic mass is 10.0. The fraction of sp³-hybridized carbons (Fsp3) is 0.409. The molecule has 1 fully saturated rings. The van der Waals surface area contributed by atoms with Crippen LogP contribution in [0.3, 0.4) is 0 Å². The predicted octanol–water partition coefficient (Wildman–Crippen LogP) is 3.17. The molecule has 0 unspecified atom stereocenters. The number of anilines is 1. The number of fused-ring (bicyclic) bond motifs is 1. The van der Waals surface area contributed by atoms with Gasteiger partial charge in [-0.05, 0) is 38.0 Å². The Bertz CT molecular complexity index is 1080. The van der Waals surface area contributed by atoms with Gasteiger partial charge in [-0.15, -0.1) is 0 Å². The van der Waals surface area contributed by atoms with Crippen molar-refractivity contribution in [3.63, 3.8) is 0 Å². The number of ether oxygens (including phenoxy) is 3. The van der Waals surface area contributed by atoms with Crippen molar-refractivity contribution in [3.05, 3.63) is 46.9 Å². The number of nitrogens with zero attached hydrogens (tertiary/aromatic N) is 2. The summed E-state index contributed by atoms with van der Waals surface area (Å²) >= 11 is 6.34. The van der Waals surface area contributed by atoms with Gasteiger partial charge >= 0.3 is 0 Å². The van der Waals surface area contributed by atoms with Crippen molar-refractivity contribution in [2.75, 3.05) is 31.9 Å². The van der Waals surface area contributed by atoms with Gasteiger partial charge in [-0.1, -0.05) is 11.6 Å². The number of hydrogen-bond acceptors (Lipinski definition) is 8. The maximum absolute atomic E-state index is 13.4. The Balaban J connectivity index is 1.61. The Hall–Kier alpha value is -2.72. The molecule has 1 aromatic carbocycles. The van der Waals surface area contributed by atoms with Crippen LogP contribution in [0.1, 0.15) is 35.7 Å². The number of carbonyl (C=O) groups is 1. The quantitative estimate of drug-likeness (QED) is 0.253. The number of aliphatic hydroxyl groups excluding tert-OH is 1. The third-order valence-corrected chi connectivity index (χ3v) is 5.65. The van der Waals surface area contributed by atoms with E-state index in [4.69, 9.17) is 25.8 Å². The highest BCUT2D eigenvalue weighted by Gasteiger charge is 2.25. The van der Waals surface area contributed by atoms with E-state index in [-0.39, 0.29) is 31.3 Å². The molecule has 3 heterocycles. The first-order valence-corrected chi connectivity index (χ1v) is 10.8. The molecule has 10 heteroatoms. The molecule has 9 nitrogen and oxygen atoms in total. The molecular weight excluding hydrogens is 436 g/mol. The van der Waals surface area contributed by atoms with Crippen molar-refractivity contribution in [2.24, 2.45) is 0 Å². The summed E-state index contributed by atoms with van der Waals surface area (Å²) < 4.78 is 16.4. The van der Waals surface area contributed by atoms with Gasteiger partial charge in [-0.3, -0.25) is 4.79 Å². The molecular formula is C22H25ClN4O5. The number of benzene rings is 1. The van der Waals surface area contributed by atoms with Crippen LogP contribution in [0.4, 0.5) is 5.82 Å². The molecule has 2 aromatic heterocycles. The summed E-state index contributed by atoms with van der Waals surface area (Å²) in [6, 6.07) is 4.92. The maximum atomic E-state index is 13.4. The lowest BCUT2D eigenvalue weighted by Gasteiger charge is -2.29. The minimum Gasteiger partial charge on any atom is -0.468 e. The smallest absolute Gasteiger partial charge is 0.197 e. The maximum Gasteiger partial charge on any atom is 0.197 e. The molecule has 0 bridgehead atoms. The van der Waals surface area contributed by atoms with Crippen LogP contribution < -0.4 is 10.1 Å². The summed E-state index contributed by atoms with van der Waals surface area (Å²) in [4.78, 5) is 25.1. The summed E-state index contributed by atoms with van der Waals surface area (Å²) in [6.45, 7) is 2.93. The lowest BCUT2D eigenvalue weighted by Crippen LogP contribution is -2.36. The van der Waals surface area contributed by atoms with Gasteiger partial charge in [-0.2, -0.15) is 0 Å². The summed E-state index contributed by atoms with van der Waals surface area (Å²) in [5.74, 6) is 0.746. The number of carbonyl (C=O) groups excluding carboxylic acids is 1. The number of rotatable bonds is 9. The normalized spacial score (nSPS) is 18.6. The van der Waals surface area contributed by atoms with Crippen molar-refractivity contribution >= 4 is 34.2 Å². The largest absolute Gasteiger partial charge is 0.468 e. The SMILES string of the molecule is CCOCOc1ccc(Cl)c(C(=O)c2c[nH]c3ncnc(N[C@@H]4CC[C@@H](CO)OC4)c23)c1. The predicted molar refractivity (Wildman–Crippen MR) is 119 cm³/mol. The van der Waals surface area contributed by atoms with E-state index in [0.717, 1.165) is 12.8 Å². The summed E-state index contributed by atoms with van der Waals surface area (Å²) in [5, 5.41) is 13.5. The van der Waals surface area contributed by atoms with Crippen LogP contribution in [0.15, 0.2) is 30.7 Å². The van der Waals surface area contributed by atoms with Gasteiger partial charge in [0.25, 0.3) is 0 Å². The Kier molecular flexibility index (Phi) is 7.21. The molecule has 3 aromatic rings. The molecule has 4 rings (SSSR count). The molecule has 1 saturated heterocycles. The van der Waals surface area contributed by atoms with E-state index in [0.29, 0.717) is 52.0 Å². The van der Waals surface area contributed by atoms with Crippen molar-refractivity contribution in [1.29, 1.82) is 0 Å². The molecule has 3 N–H and O–H groups in total. The zero-order valence-corrected chi connectivity index (χ0v) is 18.4. The Morgan fingerprint density at radius 1 is 1.34 bits per heavy atom. The van der Waals surface area contributed by atoms with Crippen LogP contribution in [-0.2, 0) is 9.47 Å². The first-order valence-electron chi connectivity index (χ1n) is 10.5. The van der Waals surface area contributed by atoms with Crippen LogP contribution in [0.25, 0.3) is 11.0 Å². The highest BCUT2D eigenvalue weighted by molar-refractivity contribution is 6.35. The van der Waals surface area contributed by atoms with Gasteiger partial charge in [-0.25, -0.2) is 9.97 Å². The topological polar surface area (TPSA) is 119 Å². The zero-order chi connectivity index (χ0) is 22.5. The lowest BCUT2D eigenvalue weighted by molar-refractivity contribution is -0.0224. The summed E-state index contributed by atoms with van der Waals surface area (Å²) in [6.07, 6.45) is 4.46. The Labute approximate surface area is 190 Å². The number of halogens is 1. The summed E-state index contributed by atoms with van der Waals surface area (Å²) in [7, 11) is 0. The number of hydrogen-bond donors (Lipinski definition) is 3. The Morgan fingerprint density at radius 2 is 2.22 bits per heavy atom. The molecule has 1 aliphatic heterocycles. The van der Waals surface area contributed by atoms with Crippen LogP contribution in [-0.4, -0.2) is 64.6 Å². The van der Waals surface area contributed by atoms with Gasteiger partial charge in [0.05, 0.1) is 41.3 Å². The minimum absolute atomic E-state index is 0.00707. The number of nitrogens with one attached hydrogen (secondary N) is 2. The number of aromatic nitrogens is 3. The van der Waals surface area contributed by atoms with E-state index < -0.39 is 0 Å². The zero-order valence-electron chi connectivity index (χ0n) is 17.6. The average molecular weight is 461 g/mol. The van der Waals surface area contributed by atoms with E-state index in [1.165, 1.54) is 6.33 Å². The Morgan fingerprint density at radius 3 is 2.97 bits per heavy atom. The van der Waals surface area contributed by atoms with Crippen molar-refractivity contribution in [1.82, 2.24) is 15.0 Å². The molecule has 0 amide bonds. The molecule has 0 saturated carbocycles. The first kappa shape index (κ1) is 22.5. The molecule has 0 radical (unpaired) electrons. The van der Waals surface area contributed by atoms with Crippen molar-refractivity contribution < 1.29 is 24.1 Å². The molecule has 0 aliphatic carbocycles.